The molecule has 0 fully saturated rings. The van der Waals surface area contributed by atoms with E-state index in [0.29, 0.717) is 34.0 Å². The molecule has 2 heterocycles. The Morgan fingerprint density at radius 1 is 1.16 bits per heavy atom. The van der Waals surface area contributed by atoms with Crippen molar-refractivity contribution in [1.29, 1.82) is 0 Å². The van der Waals surface area contributed by atoms with E-state index < -0.39 is 0 Å². The van der Waals surface area contributed by atoms with Crippen LogP contribution in [0.2, 0.25) is 5.02 Å². The molecule has 0 saturated heterocycles. The fraction of sp³-hybridized carbons (Fsp3) is 0.167. The van der Waals surface area contributed by atoms with Gasteiger partial charge in [0.05, 0.1) is 23.7 Å². The highest BCUT2D eigenvalue weighted by Crippen LogP contribution is 2.27. The predicted molar refractivity (Wildman–Crippen MR) is 97.0 cm³/mol. The van der Waals surface area contributed by atoms with Gasteiger partial charge in [-0.05, 0) is 30.3 Å². The van der Waals surface area contributed by atoms with Crippen LogP contribution in [0.15, 0.2) is 47.3 Å². The van der Waals surface area contributed by atoms with E-state index in [2.05, 4.69) is 10.2 Å². The van der Waals surface area contributed by atoms with Crippen LogP contribution in [0.1, 0.15) is 12.7 Å². The maximum absolute atomic E-state index is 13.2. The van der Waals surface area contributed by atoms with E-state index in [1.807, 2.05) is 29.5 Å². The number of aryl methyl sites for hydroxylation is 1. The molecule has 4 aromatic rings. The van der Waals surface area contributed by atoms with Gasteiger partial charge in [0.15, 0.2) is 0 Å². The zero-order chi connectivity index (χ0) is 17.6. The minimum Gasteiger partial charge on any atom is -0.495 e. The molecule has 25 heavy (non-hydrogen) atoms. The molecule has 0 saturated carbocycles. The van der Waals surface area contributed by atoms with Gasteiger partial charge in [0.1, 0.15) is 11.6 Å². The number of rotatable bonds is 3. The molecule has 0 aliphatic rings. The highest BCUT2D eigenvalue weighted by atomic mass is 35.5. The van der Waals surface area contributed by atoms with Crippen molar-refractivity contribution in [2.75, 3.05) is 7.11 Å². The second-order valence-corrected chi connectivity index (χ2v) is 6.02. The third-order valence-corrected chi connectivity index (χ3v) is 4.42. The molecule has 0 aliphatic carbocycles. The number of benzene rings is 2. The van der Waals surface area contributed by atoms with Gasteiger partial charge in [0, 0.05) is 11.4 Å². The summed E-state index contributed by atoms with van der Waals surface area (Å²) >= 11 is 6.16. The molecule has 0 atom stereocenters. The molecular weight excluding hydrogens is 340 g/mol. The van der Waals surface area contributed by atoms with E-state index >= 15 is 0 Å². The lowest BCUT2D eigenvalue weighted by Crippen LogP contribution is -2.22. The first-order chi connectivity index (χ1) is 12.2. The first-order valence-corrected chi connectivity index (χ1v) is 8.25. The standard InChI is InChI=1S/C18H15ClN4O2/c1-3-16-20-21-18-22(16)13-7-5-4-6-12(13)17(24)23(18)14-10-11(19)8-9-15(14)25-2/h4-10H,3H2,1-2H3. The molecule has 0 N–H and O–H groups in total. The van der Waals surface area contributed by atoms with Crippen LogP contribution in [0.5, 0.6) is 5.75 Å². The summed E-state index contributed by atoms with van der Waals surface area (Å²) in [5.41, 5.74) is 1.12. The summed E-state index contributed by atoms with van der Waals surface area (Å²) in [5, 5.41) is 9.59. The molecule has 126 valence electrons. The lowest BCUT2D eigenvalue weighted by Gasteiger charge is -2.14. The lowest BCUT2D eigenvalue weighted by molar-refractivity contribution is 0.413. The smallest absolute Gasteiger partial charge is 0.267 e. The molecule has 0 radical (unpaired) electrons. The number of hydrogen-bond acceptors (Lipinski definition) is 4. The Bertz CT molecular complexity index is 1160. The molecule has 0 unspecified atom stereocenters. The Balaban J connectivity index is 2.25. The van der Waals surface area contributed by atoms with Crippen molar-refractivity contribution in [1.82, 2.24) is 19.2 Å². The summed E-state index contributed by atoms with van der Waals surface area (Å²) in [7, 11) is 1.55. The number of aromatic nitrogens is 4. The molecule has 0 aliphatic heterocycles. The van der Waals surface area contributed by atoms with E-state index in [1.54, 1.807) is 31.4 Å². The van der Waals surface area contributed by atoms with Crippen LogP contribution in [0.25, 0.3) is 22.4 Å². The van der Waals surface area contributed by atoms with E-state index in [9.17, 15) is 4.79 Å². The van der Waals surface area contributed by atoms with E-state index in [-0.39, 0.29) is 5.56 Å². The number of fused-ring (bicyclic) bond motifs is 3. The number of halogens is 1. The molecule has 4 rings (SSSR count). The lowest BCUT2D eigenvalue weighted by atomic mass is 10.2. The Hall–Kier alpha value is -2.86. The zero-order valence-corrected chi connectivity index (χ0v) is 14.5. The first kappa shape index (κ1) is 15.7. The average molecular weight is 355 g/mol. The Labute approximate surface area is 148 Å². The third-order valence-electron chi connectivity index (χ3n) is 4.19. The van der Waals surface area contributed by atoms with E-state index in [0.717, 1.165) is 11.3 Å². The van der Waals surface area contributed by atoms with E-state index in [1.165, 1.54) is 4.57 Å². The molecule has 0 amide bonds. The summed E-state index contributed by atoms with van der Waals surface area (Å²) in [4.78, 5) is 13.2. The normalized spacial score (nSPS) is 11.3. The molecule has 7 heteroatoms. The van der Waals surface area contributed by atoms with Crippen molar-refractivity contribution in [3.05, 3.63) is 63.7 Å². The summed E-state index contributed by atoms with van der Waals surface area (Å²) in [6, 6.07) is 12.6. The van der Waals surface area contributed by atoms with Crippen molar-refractivity contribution in [3.63, 3.8) is 0 Å². The second-order valence-electron chi connectivity index (χ2n) is 5.58. The second kappa shape index (κ2) is 5.89. The molecular formula is C18H15ClN4O2. The largest absolute Gasteiger partial charge is 0.495 e. The summed E-state index contributed by atoms with van der Waals surface area (Å²) in [6.45, 7) is 2.00. The number of para-hydroxylation sites is 1. The maximum atomic E-state index is 13.2. The number of hydrogen-bond donors (Lipinski definition) is 0. The van der Waals surface area contributed by atoms with Gasteiger partial charge in [-0.15, -0.1) is 10.2 Å². The molecule has 2 aromatic heterocycles. The number of ether oxygens (including phenoxy) is 1. The van der Waals surface area contributed by atoms with Gasteiger partial charge in [0.2, 0.25) is 5.78 Å². The van der Waals surface area contributed by atoms with Crippen molar-refractivity contribution in [2.45, 2.75) is 13.3 Å². The van der Waals surface area contributed by atoms with Crippen LogP contribution >= 0.6 is 11.6 Å². The van der Waals surface area contributed by atoms with Crippen LogP contribution in [-0.2, 0) is 6.42 Å². The van der Waals surface area contributed by atoms with Gasteiger partial charge in [-0.1, -0.05) is 30.7 Å². The van der Waals surface area contributed by atoms with Crippen molar-refractivity contribution in [2.24, 2.45) is 0 Å². The minimum absolute atomic E-state index is 0.196. The molecule has 6 nitrogen and oxygen atoms in total. The fourth-order valence-corrected chi connectivity index (χ4v) is 3.21. The summed E-state index contributed by atoms with van der Waals surface area (Å²) in [6.07, 6.45) is 0.691. The Morgan fingerprint density at radius 2 is 1.96 bits per heavy atom. The van der Waals surface area contributed by atoms with Crippen molar-refractivity contribution < 1.29 is 4.74 Å². The van der Waals surface area contributed by atoms with Crippen LogP contribution in [0.3, 0.4) is 0 Å². The highest BCUT2D eigenvalue weighted by molar-refractivity contribution is 6.30. The third kappa shape index (κ3) is 2.29. The SMILES string of the molecule is CCc1nnc2n(-c3cc(Cl)ccc3OC)c(=O)c3ccccc3n12. The van der Waals surface area contributed by atoms with Gasteiger partial charge in [-0.25, -0.2) is 4.57 Å². The summed E-state index contributed by atoms with van der Waals surface area (Å²) in [5.74, 6) is 1.74. The van der Waals surface area contributed by atoms with Gasteiger partial charge in [0.25, 0.3) is 5.56 Å². The van der Waals surface area contributed by atoms with Crippen molar-refractivity contribution >= 4 is 28.3 Å². The Morgan fingerprint density at radius 3 is 2.72 bits per heavy atom. The quantitative estimate of drug-likeness (QED) is 0.566. The van der Waals surface area contributed by atoms with Crippen molar-refractivity contribution in [3.8, 4) is 11.4 Å². The topological polar surface area (TPSA) is 61.4 Å². The monoisotopic (exact) mass is 354 g/mol. The predicted octanol–water partition coefficient (Wildman–Crippen LogP) is 3.26. The average Bonchev–Trinajstić information content (AvgIpc) is 3.06. The minimum atomic E-state index is -0.196. The molecule has 0 spiro atoms. The van der Waals surface area contributed by atoms with Gasteiger partial charge < -0.3 is 4.74 Å². The molecule has 0 bridgehead atoms. The van der Waals surface area contributed by atoms with Gasteiger partial charge in [-0.3, -0.25) is 9.20 Å². The van der Waals surface area contributed by atoms with Crippen LogP contribution in [0, 0.1) is 0 Å². The van der Waals surface area contributed by atoms with Gasteiger partial charge in [-0.2, -0.15) is 0 Å². The van der Waals surface area contributed by atoms with Crippen LogP contribution in [-0.4, -0.2) is 26.3 Å². The van der Waals surface area contributed by atoms with Crippen LogP contribution < -0.4 is 10.3 Å². The fourth-order valence-electron chi connectivity index (χ4n) is 3.04. The highest BCUT2D eigenvalue weighted by Gasteiger charge is 2.19. The zero-order valence-electron chi connectivity index (χ0n) is 13.7. The number of methoxy groups -OCH3 is 1. The maximum Gasteiger partial charge on any atom is 0.267 e. The first-order valence-electron chi connectivity index (χ1n) is 7.87. The Kier molecular flexibility index (Phi) is 3.69. The molecule has 2 aromatic carbocycles. The van der Waals surface area contributed by atoms with Gasteiger partial charge >= 0.3 is 0 Å². The van der Waals surface area contributed by atoms with Crippen LogP contribution in [0.4, 0.5) is 0 Å². The number of nitrogens with zero attached hydrogens (tertiary/aromatic N) is 4. The summed E-state index contributed by atoms with van der Waals surface area (Å²) < 4.78 is 8.83. The van der Waals surface area contributed by atoms with E-state index in [4.69, 9.17) is 16.3 Å².